The van der Waals surface area contributed by atoms with E-state index in [1.54, 1.807) is 17.5 Å². The molecule has 0 bridgehead atoms. The molecule has 0 spiro atoms. The zero-order chi connectivity index (χ0) is 14.6. The first-order chi connectivity index (χ1) is 9.48. The van der Waals surface area contributed by atoms with E-state index in [4.69, 9.17) is 0 Å². The van der Waals surface area contributed by atoms with Crippen LogP contribution in [-0.2, 0) is 4.79 Å². The maximum Gasteiger partial charge on any atom is 0.262 e. The van der Waals surface area contributed by atoms with E-state index in [1.807, 2.05) is 0 Å². The Labute approximate surface area is 118 Å². The minimum atomic E-state index is -2.82. The van der Waals surface area contributed by atoms with Gasteiger partial charge in [0.2, 0.25) is 5.91 Å². The van der Waals surface area contributed by atoms with Gasteiger partial charge in [-0.1, -0.05) is 6.07 Å². The normalized spacial score (nSPS) is 20.6. The Balaban J connectivity index is 1.64. The second-order valence-corrected chi connectivity index (χ2v) is 5.47. The Bertz CT molecular complexity index is 479. The highest BCUT2D eigenvalue weighted by Gasteiger charge is 2.42. The standard InChI is InChI=1S/C12H15F2N3O2S/c13-12(14)6-8(17-7-12)10(18)15-3-4-16-11(19)9-2-1-5-20-9/h1-2,5,8,17H,3-4,6-7H2,(H,15,18)(H,16,19). The molecular weight excluding hydrogens is 288 g/mol. The molecule has 2 heterocycles. The van der Waals surface area contributed by atoms with E-state index in [0.29, 0.717) is 4.88 Å². The van der Waals surface area contributed by atoms with Crippen LogP contribution in [0.5, 0.6) is 0 Å². The van der Waals surface area contributed by atoms with E-state index >= 15 is 0 Å². The summed E-state index contributed by atoms with van der Waals surface area (Å²) in [5.41, 5.74) is 0. The van der Waals surface area contributed by atoms with Gasteiger partial charge >= 0.3 is 0 Å². The largest absolute Gasteiger partial charge is 0.353 e. The maximum absolute atomic E-state index is 12.9. The lowest BCUT2D eigenvalue weighted by Gasteiger charge is -2.11. The highest BCUT2D eigenvalue weighted by atomic mass is 32.1. The van der Waals surface area contributed by atoms with E-state index in [-0.39, 0.29) is 19.0 Å². The number of rotatable bonds is 5. The molecule has 0 saturated carbocycles. The van der Waals surface area contributed by atoms with Crippen LogP contribution in [0.1, 0.15) is 16.1 Å². The molecule has 5 nitrogen and oxygen atoms in total. The van der Waals surface area contributed by atoms with Crippen LogP contribution in [-0.4, -0.2) is 43.4 Å². The third kappa shape index (κ3) is 3.97. The lowest BCUT2D eigenvalue weighted by molar-refractivity contribution is -0.123. The molecule has 1 aliphatic heterocycles. The number of nitrogens with one attached hydrogen (secondary N) is 3. The summed E-state index contributed by atoms with van der Waals surface area (Å²) in [4.78, 5) is 23.7. The quantitative estimate of drug-likeness (QED) is 0.697. The zero-order valence-corrected chi connectivity index (χ0v) is 11.4. The van der Waals surface area contributed by atoms with Crippen molar-refractivity contribution in [3.05, 3.63) is 22.4 Å². The predicted molar refractivity (Wildman–Crippen MR) is 71.0 cm³/mol. The van der Waals surface area contributed by atoms with Gasteiger partial charge in [0.15, 0.2) is 0 Å². The van der Waals surface area contributed by atoms with Crippen LogP contribution in [0.3, 0.4) is 0 Å². The molecule has 20 heavy (non-hydrogen) atoms. The summed E-state index contributed by atoms with van der Waals surface area (Å²) < 4.78 is 25.8. The Morgan fingerprint density at radius 1 is 1.40 bits per heavy atom. The van der Waals surface area contributed by atoms with Gasteiger partial charge in [-0.2, -0.15) is 0 Å². The predicted octanol–water partition coefficient (Wildman–Crippen LogP) is 0.591. The van der Waals surface area contributed by atoms with Gasteiger partial charge in [-0.3, -0.25) is 14.9 Å². The smallest absolute Gasteiger partial charge is 0.262 e. The van der Waals surface area contributed by atoms with E-state index in [0.717, 1.165) is 0 Å². The number of halogens is 2. The minimum Gasteiger partial charge on any atom is -0.353 e. The molecule has 1 aromatic heterocycles. The maximum atomic E-state index is 12.9. The van der Waals surface area contributed by atoms with Gasteiger partial charge in [-0.05, 0) is 11.4 Å². The van der Waals surface area contributed by atoms with E-state index in [9.17, 15) is 18.4 Å². The van der Waals surface area contributed by atoms with Crippen LogP contribution in [0.2, 0.25) is 0 Å². The fraction of sp³-hybridized carbons (Fsp3) is 0.500. The molecule has 0 aromatic carbocycles. The fourth-order valence-corrected chi connectivity index (χ4v) is 2.52. The van der Waals surface area contributed by atoms with Crippen molar-refractivity contribution >= 4 is 23.2 Å². The van der Waals surface area contributed by atoms with Gasteiger partial charge in [0.25, 0.3) is 11.8 Å². The summed E-state index contributed by atoms with van der Waals surface area (Å²) in [7, 11) is 0. The van der Waals surface area contributed by atoms with Crippen molar-refractivity contribution in [2.24, 2.45) is 0 Å². The van der Waals surface area contributed by atoms with E-state index < -0.39 is 30.8 Å². The first-order valence-electron chi connectivity index (χ1n) is 6.18. The third-order valence-electron chi connectivity index (χ3n) is 2.88. The van der Waals surface area contributed by atoms with Crippen molar-refractivity contribution in [3.8, 4) is 0 Å². The minimum absolute atomic E-state index is 0.208. The molecular formula is C12H15F2N3O2S. The summed E-state index contributed by atoms with van der Waals surface area (Å²) in [5.74, 6) is -3.50. The summed E-state index contributed by atoms with van der Waals surface area (Å²) in [6, 6.07) is 2.61. The SMILES string of the molecule is O=C(NCCNC(=O)C1CC(F)(F)CN1)c1cccs1. The number of hydrogen-bond donors (Lipinski definition) is 3. The number of amides is 2. The molecule has 1 atom stereocenters. The van der Waals surface area contributed by atoms with Gasteiger partial charge in [-0.25, -0.2) is 8.78 Å². The Kier molecular flexibility index (Phi) is 4.66. The van der Waals surface area contributed by atoms with Crippen LogP contribution < -0.4 is 16.0 Å². The summed E-state index contributed by atoms with van der Waals surface area (Å²) in [6.45, 7) is -0.00845. The van der Waals surface area contributed by atoms with Crippen LogP contribution in [0.15, 0.2) is 17.5 Å². The van der Waals surface area contributed by atoms with Crippen molar-refractivity contribution in [1.82, 2.24) is 16.0 Å². The van der Waals surface area contributed by atoms with Gasteiger partial charge in [0.05, 0.1) is 17.5 Å². The molecule has 0 aliphatic carbocycles. The van der Waals surface area contributed by atoms with Gasteiger partial charge in [-0.15, -0.1) is 11.3 Å². The van der Waals surface area contributed by atoms with Crippen molar-refractivity contribution < 1.29 is 18.4 Å². The molecule has 1 fully saturated rings. The summed E-state index contributed by atoms with van der Waals surface area (Å²) >= 11 is 1.32. The van der Waals surface area contributed by atoms with Crippen LogP contribution in [0, 0.1) is 0 Å². The molecule has 1 aliphatic rings. The van der Waals surface area contributed by atoms with Crippen molar-refractivity contribution in [3.63, 3.8) is 0 Å². The Morgan fingerprint density at radius 2 is 2.15 bits per heavy atom. The second kappa shape index (κ2) is 6.27. The highest BCUT2D eigenvalue weighted by molar-refractivity contribution is 7.12. The molecule has 8 heteroatoms. The second-order valence-electron chi connectivity index (χ2n) is 4.52. The third-order valence-corrected chi connectivity index (χ3v) is 3.75. The number of carbonyl (C=O) groups excluding carboxylic acids is 2. The Hall–Kier alpha value is -1.54. The van der Waals surface area contributed by atoms with Gasteiger partial charge in [0.1, 0.15) is 0 Å². The van der Waals surface area contributed by atoms with E-state index in [2.05, 4.69) is 16.0 Å². The lowest BCUT2D eigenvalue weighted by atomic mass is 10.2. The first-order valence-corrected chi connectivity index (χ1v) is 7.06. The number of hydrogen-bond acceptors (Lipinski definition) is 4. The average Bonchev–Trinajstić information content (AvgIpc) is 3.03. The molecule has 3 N–H and O–H groups in total. The van der Waals surface area contributed by atoms with Crippen molar-refractivity contribution in [1.29, 1.82) is 0 Å². The Morgan fingerprint density at radius 3 is 2.75 bits per heavy atom. The van der Waals surface area contributed by atoms with Crippen LogP contribution in [0.4, 0.5) is 8.78 Å². The van der Waals surface area contributed by atoms with Crippen molar-refractivity contribution in [2.45, 2.75) is 18.4 Å². The zero-order valence-electron chi connectivity index (χ0n) is 10.6. The molecule has 110 valence electrons. The van der Waals surface area contributed by atoms with E-state index in [1.165, 1.54) is 11.3 Å². The van der Waals surface area contributed by atoms with Crippen LogP contribution in [0.25, 0.3) is 0 Å². The molecule has 2 amide bonds. The molecule has 2 rings (SSSR count). The molecule has 0 radical (unpaired) electrons. The molecule has 1 aromatic rings. The topological polar surface area (TPSA) is 70.2 Å². The lowest BCUT2D eigenvalue weighted by Crippen LogP contribution is -2.43. The first kappa shape index (κ1) is 14.9. The number of thiophene rings is 1. The number of alkyl halides is 2. The summed E-state index contributed by atoms with van der Waals surface area (Å²) in [5, 5.41) is 9.42. The average molecular weight is 303 g/mol. The summed E-state index contributed by atoms with van der Waals surface area (Å²) in [6.07, 6.45) is -0.486. The van der Waals surface area contributed by atoms with Crippen molar-refractivity contribution in [2.75, 3.05) is 19.6 Å². The van der Waals surface area contributed by atoms with Gasteiger partial charge < -0.3 is 10.6 Å². The monoisotopic (exact) mass is 303 g/mol. The fourth-order valence-electron chi connectivity index (χ4n) is 1.88. The molecule has 1 saturated heterocycles. The van der Waals surface area contributed by atoms with Gasteiger partial charge in [0, 0.05) is 19.5 Å². The number of carbonyl (C=O) groups is 2. The molecule has 1 unspecified atom stereocenters. The van der Waals surface area contributed by atoms with Crippen LogP contribution >= 0.6 is 11.3 Å². The highest BCUT2D eigenvalue weighted by Crippen LogP contribution is 2.24.